The number of fused-ring (bicyclic) bond motifs is 2. The number of aryl methyl sites for hydroxylation is 1. The van der Waals surface area contributed by atoms with Crippen molar-refractivity contribution in [2.75, 3.05) is 39.3 Å². The molecule has 2 aliphatic carbocycles. The Morgan fingerprint density at radius 1 is 1.29 bits per heavy atom. The number of nitrogens with zero attached hydrogens (tertiary/aromatic N) is 1. The molecule has 0 aromatic heterocycles. The Morgan fingerprint density at radius 3 is 2.92 bits per heavy atom. The van der Waals surface area contributed by atoms with Gasteiger partial charge in [0, 0.05) is 50.6 Å². The molecule has 5 heteroatoms. The summed E-state index contributed by atoms with van der Waals surface area (Å²) in [5, 5.41) is 6.55. The van der Waals surface area contributed by atoms with Crippen LogP contribution in [0.5, 0.6) is 0 Å². The summed E-state index contributed by atoms with van der Waals surface area (Å²) in [7, 11) is 0. The third-order valence-electron chi connectivity index (χ3n) is 5.95. The Bertz CT molecular complexity index is 588. The van der Waals surface area contributed by atoms with Crippen LogP contribution in [-0.2, 0) is 16.6 Å². The van der Waals surface area contributed by atoms with Gasteiger partial charge in [0.2, 0.25) is 5.91 Å². The number of hydrogen-bond acceptors (Lipinski definition) is 3. The minimum absolute atomic E-state index is 0. The quantitative estimate of drug-likeness (QED) is 0.870. The van der Waals surface area contributed by atoms with Gasteiger partial charge in [-0.1, -0.05) is 24.3 Å². The van der Waals surface area contributed by atoms with Gasteiger partial charge in [-0.3, -0.25) is 9.69 Å². The summed E-state index contributed by atoms with van der Waals surface area (Å²) >= 11 is 0. The van der Waals surface area contributed by atoms with E-state index in [-0.39, 0.29) is 29.6 Å². The van der Waals surface area contributed by atoms with Crippen molar-refractivity contribution in [3.63, 3.8) is 0 Å². The van der Waals surface area contributed by atoms with Gasteiger partial charge in [0.15, 0.2) is 0 Å². The van der Waals surface area contributed by atoms with E-state index in [1.165, 1.54) is 30.4 Å². The van der Waals surface area contributed by atoms with Crippen LogP contribution in [0.3, 0.4) is 0 Å². The van der Waals surface area contributed by atoms with E-state index in [1.807, 2.05) is 0 Å². The standard InChI is InChI=1S/C19H27N3O.ClH/c23-18(21-10-13-22-11-8-20-9-12-22)17-14-19(17)7-3-5-15-4-1-2-6-16(15)19;/h1-2,4,6,17,20H,3,5,7-14H2,(H,21,23);1H. The van der Waals surface area contributed by atoms with Crippen LogP contribution in [0.2, 0.25) is 0 Å². The van der Waals surface area contributed by atoms with Crippen LogP contribution < -0.4 is 10.6 Å². The first-order chi connectivity index (χ1) is 11.3. The average Bonchev–Trinajstić information content (AvgIpc) is 3.31. The van der Waals surface area contributed by atoms with Gasteiger partial charge in [0.05, 0.1) is 0 Å². The molecule has 24 heavy (non-hydrogen) atoms. The van der Waals surface area contributed by atoms with E-state index in [0.717, 1.165) is 45.7 Å². The van der Waals surface area contributed by atoms with Crippen LogP contribution in [-0.4, -0.2) is 50.1 Å². The average molecular weight is 350 g/mol. The molecule has 3 aliphatic rings. The predicted octanol–water partition coefficient (Wildman–Crippen LogP) is 1.72. The summed E-state index contributed by atoms with van der Waals surface area (Å²) in [4.78, 5) is 15.0. The molecule has 1 saturated heterocycles. The molecule has 1 amide bonds. The van der Waals surface area contributed by atoms with Gasteiger partial charge in [-0.15, -0.1) is 12.4 Å². The zero-order chi connectivity index (χ0) is 15.7. The fourth-order valence-electron chi connectivity index (χ4n) is 4.57. The molecular formula is C19H28ClN3O. The van der Waals surface area contributed by atoms with Gasteiger partial charge in [-0.2, -0.15) is 0 Å². The molecule has 132 valence electrons. The van der Waals surface area contributed by atoms with E-state index >= 15 is 0 Å². The molecule has 1 aliphatic heterocycles. The van der Waals surface area contributed by atoms with Crippen LogP contribution in [0, 0.1) is 5.92 Å². The number of piperazine rings is 1. The predicted molar refractivity (Wildman–Crippen MR) is 98.7 cm³/mol. The van der Waals surface area contributed by atoms with Gasteiger partial charge >= 0.3 is 0 Å². The smallest absolute Gasteiger partial charge is 0.224 e. The van der Waals surface area contributed by atoms with Crippen molar-refractivity contribution in [3.05, 3.63) is 35.4 Å². The van der Waals surface area contributed by atoms with Crippen LogP contribution in [0.15, 0.2) is 24.3 Å². The zero-order valence-electron chi connectivity index (χ0n) is 14.2. The minimum atomic E-state index is 0. The lowest BCUT2D eigenvalue weighted by molar-refractivity contribution is -0.122. The molecule has 0 bridgehead atoms. The highest BCUT2D eigenvalue weighted by Gasteiger charge is 2.59. The Morgan fingerprint density at radius 2 is 2.08 bits per heavy atom. The summed E-state index contributed by atoms with van der Waals surface area (Å²) in [5.74, 6) is 0.476. The Hall–Kier alpha value is -1.10. The molecule has 0 radical (unpaired) electrons. The lowest BCUT2D eigenvalue weighted by atomic mass is 9.78. The zero-order valence-corrected chi connectivity index (χ0v) is 15.0. The van der Waals surface area contributed by atoms with E-state index in [9.17, 15) is 4.79 Å². The Kier molecular flexibility index (Phi) is 5.48. The van der Waals surface area contributed by atoms with Gasteiger partial charge in [-0.25, -0.2) is 0 Å². The molecule has 2 N–H and O–H groups in total. The number of hydrogen-bond donors (Lipinski definition) is 2. The highest BCUT2D eigenvalue weighted by Crippen LogP contribution is 2.60. The lowest BCUT2D eigenvalue weighted by Gasteiger charge is -2.28. The number of carbonyl (C=O) groups is 1. The van der Waals surface area contributed by atoms with Gasteiger partial charge in [0.25, 0.3) is 0 Å². The van der Waals surface area contributed by atoms with Crippen molar-refractivity contribution in [3.8, 4) is 0 Å². The first kappa shape index (κ1) is 17.7. The highest BCUT2D eigenvalue weighted by molar-refractivity contribution is 5.85. The van der Waals surface area contributed by atoms with Crippen molar-refractivity contribution < 1.29 is 4.79 Å². The summed E-state index contributed by atoms with van der Waals surface area (Å²) in [6.45, 7) is 6.08. The monoisotopic (exact) mass is 349 g/mol. The number of amides is 1. The fraction of sp³-hybridized carbons (Fsp3) is 0.632. The third-order valence-corrected chi connectivity index (χ3v) is 5.95. The number of nitrogens with one attached hydrogen (secondary N) is 2. The van der Waals surface area contributed by atoms with Crippen molar-refractivity contribution in [2.45, 2.75) is 31.1 Å². The van der Waals surface area contributed by atoms with Crippen LogP contribution in [0.4, 0.5) is 0 Å². The fourth-order valence-corrected chi connectivity index (χ4v) is 4.57. The molecule has 1 aromatic rings. The minimum Gasteiger partial charge on any atom is -0.355 e. The normalized spacial score (nSPS) is 28.8. The number of benzene rings is 1. The molecule has 4 nitrogen and oxygen atoms in total. The van der Waals surface area contributed by atoms with Gasteiger partial charge in [-0.05, 0) is 36.8 Å². The maximum absolute atomic E-state index is 12.6. The molecule has 2 fully saturated rings. The Balaban J connectivity index is 0.00000169. The van der Waals surface area contributed by atoms with E-state index < -0.39 is 0 Å². The van der Waals surface area contributed by atoms with E-state index in [4.69, 9.17) is 0 Å². The number of rotatable bonds is 4. The molecule has 1 heterocycles. The molecule has 4 rings (SSSR count). The Labute approximate surface area is 150 Å². The molecular weight excluding hydrogens is 322 g/mol. The van der Waals surface area contributed by atoms with Crippen molar-refractivity contribution >= 4 is 18.3 Å². The van der Waals surface area contributed by atoms with Crippen LogP contribution in [0.1, 0.15) is 30.4 Å². The van der Waals surface area contributed by atoms with Crippen LogP contribution >= 0.6 is 12.4 Å². The first-order valence-corrected chi connectivity index (χ1v) is 9.09. The highest BCUT2D eigenvalue weighted by atomic mass is 35.5. The van der Waals surface area contributed by atoms with Gasteiger partial charge < -0.3 is 10.6 Å². The number of halogens is 1. The largest absolute Gasteiger partial charge is 0.355 e. The molecule has 1 aromatic carbocycles. The maximum Gasteiger partial charge on any atom is 0.224 e. The summed E-state index contributed by atoms with van der Waals surface area (Å²) < 4.78 is 0. The van der Waals surface area contributed by atoms with Crippen molar-refractivity contribution in [2.24, 2.45) is 5.92 Å². The first-order valence-electron chi connectivity index (χ1n) is 9.09. The number of carbonyl (C=O) groups excluding carboxylic acids is 1. The summed E-state index contributed by atoms with van der Waals surface area (Å²) in [6, 6.07) is 8.75. The van der Waals surface area contributed by atoms with Crippen LogP contribution in [0.25, 0.3) is 0 Å². The van der Waals surface area contributed by atoms with E-state index in [0.29, 0.717) is 0 Å². The van der Waals surface area contributed by atoms with Crippen molar-refractivity contribution in [1.29, 1.82) is 0 Å². The summed E-state index contributed by atoms with van der Waals surface area (Å²) in [5.41, 5.74) is 3.08. The summed E-state index contributed by atoms with van der Waals surface area (Å²) in [6.07, 6.45) is 4.63. The second-order valence-corrected chi connectivity index (χ2v) is 7.31. The van der Waals surface area contributed by atoms with E-state index in [2.05, 4.69) is 39.8 Å². The second-order valence-electron chi connectivity index (χ2n) is 7.31. The maximum atomic E-state index is 12.6. The molecule has 1 saturated carbocycles. The molecule has 2 unspecified atom stereocenters. The SMILES string of the molecule is Cl.O=C(NCCN1CCNCC1)C1CC12CCCc1ccccc12. The molecule has 1 spiro atoms. The third kappa shape index (κ3) is 3.32. The van der Waals surface area contributed by atoms with Crippen molar-refractivity contribution in [1.82, 2.24) is 15.5 Å². The topological polar surface area (TPSA) is 44.4 Å². The van der Waals surface area contributed by atoms with Gasteiger partial charge in [0.1, 0.15) is 0 Å². The second kappa shape index (κ2) is 7.42. The lowest BCUT2D eigenvalue weighted by Crippen LogP contribution is -2.46. The van der Waals surface area contributed by atoms with E-state index in [1.54, 1.807) is 0 Å². The molecule has 2 atom stereocenters.